The van der Waals surface area contributed by atoms with E-state index in [9.17, 15) is 9.59 Å². The van der Waals surface area contributed by atoms with Gasteiger partial charge in [-0.25, -0.2) is 0 Å². The van der Waals surface area contributed by atoms with Crippen LogP contribution >= 0.6 is 0 Å². The first-order valence-corrected chi connectivity index (χ1v) is 7.03. The average molecular weight is 301 g/mol. The summed E-state index contributed by atoms with van der Waals surface area (Å²) in [5.74, 6) is -0.0896. The van der Waals surface area contributed by atoms with E-state index in [0.717, 1.165) is 12.1 Å². The fourth-order valence-corrected chi connectivity index (χ4v) is 2.33. The summed E-state index contributed by atoms with van der Waals surface area (Å²) in [6, 6.07) is 6.70. The van der Waals surface area contributed by atoms with Crippen molar-refractivity contribution < 1.29 is 9.53 Å². The number of aromatic amines is 1. The first-order valence-electron chi connectivity index (χ1n) is 7.03. The van der Waals surface area contributed by atoms with E-state index in [1.807, 2.05) is 25.1 Å². The molecule has 1 unspecified atom stereocenters. The predicted octanol–water partition coefficient (Wildman–Crippen LogP) is 2.00. The number of methoxy groups -OCH3 is 1. The van der Waals surface area contributed by atoms with Crippen LogP contribution in [0.15, 0.2) is 41.5 Å². The molecule has 22 heavy (non-hydrogen) atoms. The van der Waals surface area contributed by atoms with E-state index >= 15 is 0 Å². The van der Waals surface area contributed by atoms with Gasteiger partial charge in [-0.1, -0.05) is 13.0 Å². The summed E-state index contributed by atoms with van der Waals surface area (Å²) in [5.41, 5.74) is 0.711. The lowest BCUT2D eigenvalue weighted by molar-refractivity contribution is 0.0716. The van der Waals surface area contributed by atoms with Gasteiger partial charge >= 0.3 is 0 Å². The van der Waals surface area contributed by atoms with Crippen LogP contribution in [0.3, 0.4) is 0 Å². The van der Waals surface area contributed by atoms with E-state index in [0.29, 0.717) is 0 Å². The Morgan fingerprint density at radius 1 is 1.45 bits per heavy atom. The molecule has 0 spiro atoms. The summed E-state index contributed by atoms with van der Waals surface area (Å²) in [4.78, 5) is 33.0. The van der Waals surface area contributed by atoms with Crippen molar-refractivity contribution in [2.24, 2.45) is 0 Å². The molecule has 2 aromatic rings. The molecular weight excluding hydrogens is 282 g/mol. The highest BCUT2D eigenvalue weighted by Gasteiger charge is 2.23. The molecule has 0 aromatic carbocycles. The fourth-order valence-electron chi connectivity index (χ4n) is 2.33. The molecule has 0 aliphatic rings. The van der Waals surface area contributed by atoms with E-state index in [1.54, 1.807) is 18.1 Å². The zero-order valence-corrected chi connectivity index (χ0v) is 12.9. The first kappa shape index (κ1) is 15.8. The first-order chi connectivity index (χ1) is 10.6. The van der Waals surface area contributed by atoms with Crippen molar-refractivity contribution in [2.45, 2.75) is 19.4 Å². The van der Waals surface area contributed by atoms with Gasteiger partial charge in [-0.2, -0.15) is 0 Å². The van der Waals surface area contributed by atoms with Crippen LogP contribution in [-0.4, -0.2) is 34.9 Å². The van der Waals surface area contributed by atoms with Crippen molar-refractivity contribution in [3.8, 4) is 5.75 Å². The molecule has 0 saturated heterocycles. The molecule has 0 saturated carbocycles. The summed E-state index contributed by atoms with van der Waals surface area (Å²) < 4.78 is 4.90. The van der Waals surface area contributed by atoms with Gasteiger partial charge < -0.3 is 14.6 Å². The second kappa shape index (κ2) is 6.89. The summed E-state index contributed by atoms with van der Waals surface area (Å²) in [6.45, 7) is 1.99. The summed E-state index contributed by atoms with van der Waals surface area (Å²) in [6.07, 6.45) is 3.82. The molecule has 0 fully saturated rings. The molecule has 1 amide bonds. The van der Waals surface area contributed by atoms with Crippen LogP contribution in [0.25, 0.3) is 0 Å². The van der Waals surface area contributed by atoms with E-state index in [4.69, 9.17) is 4.74 Å². The minimum atomic E-state index is -0.330. The number of nitrogens with one attached hydrogen (secondary N) is 1. The molecule has 0 radical (unpaired) electrons. The Bertz CT molecular complexity index is 697. The molecule has 2 rings (SSSR count). The van der Waals surface area contributed by atoms with Crippen molar-refractivity contribution in [3.63, 3.8) is 0 Å². The van der Waals surface area contributed by atoms with Crippen molar-refractivity contribution in [1.82, 2.24) is 14.9 Å². The molecule has 6 nitrogen and oxygen atoms in total. The Morgan fingerprint density at radius 2 is 2.23 bits per heavy atom. The number of hydrogen-bond donors (Lipinski definition) is 1. The lowest BCUT2D eigenvalue weighted by atomic mass is 10.1. The maximum absolute atomic E-state index is 12.6. The van der Waals surface area contributed by atoms with Gasteiger partial charge in [0.2, 0.25) is 5.43 Å². The Morgan fingerprint density at radius 3 is 2.77 bits per heavy atom. The topological polar surface area (TPSA) is 75.3 Å². The van der Waals surface area contributed by atoms with E-state index in [-0.39, 0.29) is 28.8 Å². The van der Waals surface area contributed by atoms with Gasteiger partial charge in [0.25, 0.3) is 5.91 Å². The maximum Gasteiger partial charge on any atom is 0.270 e. The van der Waals surface area contributed by atoms with Crippen molar-refractivity contribution in [3.05, 3.63) is 58.3 Å². The molecule has 0 aliphatic carbocycles. The van der Waals surface area contributed by atoms with Gasteiger partial charge in [0.05, 0.1) is 18.8 Å². The standard InChI is InChI=1S/C16H19N3O3/c1-4-13(11-7-5-6-8-17-11)19(2)16(21)12-9-14(20)15(22-3)10-18-12/h5-10,13H,4H2,1-3H3,(H,18,20). The number of pyridine rings is 2. The minimum absolute atomic E-state index is 0.153. The number of hydrogen-bond acceptors (Lipinski definition) is 4. The molecular formula is C16H19N3O3. The quantitative estimate of drug-likeness (QED) is 0.916. The number of rotatable bonds is 5. The largest absolute Gasteiger partial charge is 0.491 e. The van der Waals surface area contributed by atoms with Gasteiger partial charge in [0.1, 0.15) is 5.69 Å². The average Bonchev–Trinajstić information content (AvgIpc) is 2.55. The molecule has 1 N–H and O–H groups in total. The van der Waals surface area contributed by atoms with Gasteiger partial charge in [0, 0.05) is 25.5 Å². The summed E-state index contributed by atoms with van der Waals surface area (Å²) >= 11 is 0. The smallest absolute Gasteiger partial charge is 0.270 e. The molecule has 0 aliphatic heterocycles. The van der Waals surface area contributed by atoms with Crippen molar-refractivity contribution in [1.29, 1.82) is 0 Å². The number of aromatic nitrogens is 2. The third kappa shape index (κ3) is 3.16. The molecule has 116 valence electrons. The number of amides is 1. The number of ether oxygens (including phenoxy) is 1. The fraction of sp³-hybridized carbons (Fsp3) is 0.312. The van der Waals surface area contributed by atoms with Gasteiger partial charge in [-0.15, -0.1) is 0 Å². The zero-order chi connectivity index (χ0) is 16.1. The Labute approximate surface area is 128 Å². The van der Waals surface area contributed by atoms with E-state index in [2.05, 4.69) is 9.97 Å². The normalized spacial score (nSPS) is 11.8. The molecule has 2 heterocycles. The Hall–Kier alpha value is -2.63. The predicted molar refractivity (Wildman–Crippen MR) is 83.0 cm³/mol. The Kier molecular flexibility index (Phi) is 4.93. The monoisotopic (exact) mass is 301 g/mol. The van der Waals surface area contributed by atoms with Crippen molar-refractivity contribution in [2.75, 3.05) is 14.2 Å². The molecule has 6 heteroatoms. The van der Waals surface area contributed by atoms with Crippen LogP contribution in [0.1, 0.15) is 35.6 Å². The zero-order valence-electron chi connectivity index (χ0n) is 12.9. The summed E-state index contributed by atoms with van der Waals surface area (Å²) in [7, 11) is 3.11. The summed E-state index contributed by atoms with van der Waals surface area (Å²) in [5, 5.41) is 0. The lowest BCUT2D eigenvalue weighted by Crippen LogP contribution is -2.32. The molecule has 0 bridgehead atoms. The maximum atomic E-state index is 12.6. The van der Waals surface area contributed by atoms with Crippen LogP contribution in [0.4, 0.5) is 0 Å². The minimum Gasteiger partial charge on any atom is -0.491 e. The van der Waals surface area contributed by atoms with Gasteiger partial charge in [-0.3, -0.25) is 14.6 Å². The van der Waals surface area contributed by atoms with Gasteiger partial charge in [0.15, 0.2) is 5.75 Å². The third-order valence-electron chi connectivity index (χ3n) is 3.53. The van der Waals surface area contributed by atoms with Crippen LogP contribution in [-0.2, 0) is 0 Å². The third-order valence-corrected chi connectivity index (χ3v) is 3.53. The van der Waals surface area contributed by atoms with Gasteiger partial charge in [-0.05, 0) is 18.6 Å². The van der Waals surface area contributed by atoms with Crippen LogP contribution in [0, 0.1) is 0 Å². The molecule has 1 atom stereocenters. The Balaban J connectivity index is 2.28. The lowest BCUT2D eigenvalue weighted by Gasteiger charge is -2.26. The highest BCUT2D eigenvalue weighted by Crippen LogP contribution is 2.22. The highest BCUT2D eigenvalue weighted by atomic mass is 16.5. The second-order valence-electron chi connectivity index (χ2n) is 4.87. The molecule has 2 aromatic heterocycles. The number of nitrogens with zero attached hydrogens (tertiary/aromatic N) is 2. The van der Waals surface area contributed by atoms with Crippen LogP contribution < -0.4 is 10.2 Å². The van der Waals surface area contributed by atoms with Crippen molar-refractivity contribution >= 4 is 5.91 Å². The van der Waals surface area contributed by atoms with E-state index in [1.165, 1.54) is 19.4 Å². The number of H-pyrrole nitrogens is 1. The van der Waals surface area contributed by atoms with Crippen LogP contribution in [0.5, 0.6) is 5.75 Å². The van der Waals surface area contributed by atoms with Crippen LogP contribution in [0.2, 0.25) is 0 Å². The second-order valence-corrected chi connectivity index (χ2v) is 4.87. The number of carbonyl (C=O) groups excluding carboxylic acids is 1. The SMILES string of the molecule is CCC(c1ccccn1)N(C)C(=O)c1cc(=O)c(OC)c[nH]1. The highest BCUT2D eigenvalue weighted by molar-refractivity contribution is 5.92. The van der Waals surface area contributed by atoms with E-state index < -0.39 is 0 Å². The number of carbonyl (C=O) groups is 1.